The SMILES string of the molecule is O=C(C=Cc1ccccc1OCC(O)CN1CC=C(c2cccc(Cl)c2)CC1)N1CCOCC1. The van der Waals surface area contributed by atoms with Crippen LogP contribution in [0.5, 0.6) is 5.75 Å². The molecule has 1 unspecified atom stereocenters. The zero-order valence-electron chi connectivity index (χ0n) is 19.2. The molecule has 0 aromatic heterocycles. The number of aliphatic hydroxyl groups is 1. The summed E-state index contributed by atoms with van der Waals surface area (Å²) in [5.41, 5.74) is 3.26. The third kappa shape index (κ3) is 6.93. The van der Waals surface area contributed by atoms with Crippen LogP contribution in [0.25, 0.3) is 11.6 Å². The van der Waals surface area contributed by atoms with E-state index in [9.17, 15) is 9.90 Å². The molecule has 2 aromatic rings. The van der Waals surface area contributed by atoms with Gasteiger partial charge in [0, 0.05) is 49.4 Å². The van der Waals surface area contributed by atoms with Gasteiger partial charge in [0.1, 0.15) is 18.5 Å². The second-order valence-electron chi connectivity index (χ2n) is 8.52. The molecule has 1 saturated heterocycles. The van der Waals surface area contributed by atoms with E-state index < -0.39 is 6.10 Å². The second-order valence-corrected chi connectivity index (χ2v) is 8.96. The maximum Gasteiger partial charge on any atom is 0.246 e. The van der Waals surface area contributed by atoms with Gasteiger partial charge in [0.15, 0.2) is 0 Å². The number of morpholine rings is 1. The lowest BCUT2D eigenvalue weighted by molar-refractivity contribution is -0.129. The summed E-state index contributed by atoms with van der Waals surface area (Å²) in [7, 11) is 0. The summed E-state index contributed by atoms with van der Waals surface area (Å²) < 4.78 is 11.2. The highest BCUT2D eigenvalue weighted by molar-refractivity contribution is 6.30. The molecule has 2 aromatic carbocycles. The zero-order valence-corrected chi connectivity index (χ0v) is 20.0. The molecule has 7 heteroatoms. The summed E-state index contributed by atoms with van der Waals surface area (Å²) in [6.07, 6.45) is 5.84. The largest absolute Gasteiger partial charge is 0.490 e. The van der Waals surface area contributed by atoms with Crippen LogP contribution in [0.2, 0.25) is 5.02 Å². The van der Waals surface area contributed by atoms with Crippen LogP contribution < -0.4 is 4.74 Å². The number of para-hydroxylation sites is 1. The fourth-order valence-electron chi connectivity index (χ4n) is 4.16. The Balaban J connectivity index is 1.27. The van der Waals surface area contributed by atoms with Crippen LogP contribution in [0.1, 0.15) is 17.5 Å². The van der Waals surface area contributed by atoms with Gasteiger partial charge in [-0.1, -0.05) is 48.0 Å². The van der Waals surface area contributed by atoms with Crippen LogP contribution in [0.15, 0.2) is 60.7 Å². The van der Waals surface area contributed by atoms with E-state index in [1.807, 2.05) is 42.5 Å². The van der Waals surface area contributed by atoms with Crippen molar-refractivity contribution in [3.8, 4) is 5.75 Å². The number of amides is 1. The van der Waals surface area contributed by atoms with Gasteiger partial charge < -0.3 is 19.5 Å². The van der Waals surface area contributed by atoms with E-state index in [0.29, 0.717) is 38.6 Å². The molecule has 34 heavy (non-hydrogen) atoms. The topological polar surface area (TPSA) is 62.2 Å². The van der Waals surface area contributed by atoms with Gasteiger partial charge >= 0.3 is 0 Å². The molecule has 1 N–H and O–H groups in total. The van der Waals surface area contributed by atoms with Crippen LogP contribution in [0.4, 0.5) is 0 Å². The average Bonchev–Trinajstić information content (AvgIpc) is 2.87. The number of ether oxygens (including phenoxy) is 2. The zero-order chi connectivity index (χ0) is 23.8. The standard InChI is InChI=1S/C27H31ClN2O4/c28-24-6-3-5-23(18-24)21-10-12-29(13-11-21)19-25(31)20-34-26-7-2-1-4-22(26)8-9-27(32)30-14-16-33-17-15-30/h1-10,18,25,31H,11-17,19-20H2. The summed E-state index contributed by atoms with van der Waals surface area (Å²) >= 11 is 6.12. The van der Waals surface area contributed by atoms with Crippen molar-refractivity contribution in [2.24, 2.45) is 0 Å². The van der Waals surface area contributed by atoms with E-state index >= 15 is 0 Å². The highest BCUT2D eigenvalue weighted by Gasteiger charge is 2.18. The fraction of sp³-hybridized carbons (Fsp3) is 0.370. The number of carbonyl (C=O) groups is 1. The molecule has 1 amide bonds. The van der Waals surface area contributed by atoms with Gasteiger partial charge in [-0.3, -0.25) is 9.69 Å². The Morgan fingerprint density at radius 1 is 1.15 bits per heavy atom. The number of hydrogen-bond acceptors (Lipinski definition) is 5. The smallest absolute Gasteiger partial charge is 0.246 e. The van der Waals surface area contributed by atoms with E-state index in [1.165, 1.54) is 5.57 Å². The van der Waals surface area contributed by atoms with Gasteiger partial charge in [-0.15, -0.1) is 0 Å². The minimum atomic E-state index is -0.617. The Hall–Kier alpha value is -2.64. The van der Waals surface area contributed by atoms with Crippen LogP contribution in [0, 0.1) is 0 Å². The van der Waals surface area contributed by atoms with Crippen molar-refractivity contribution < 1.29 is 19.4 Å². The van der Waals surface area contributed by atoms with Crippen molar-refractivity contribution in [3.05, 3.63) is 76.8 Å². The normalized spacial score (nSPS) is 18.1. The Morgan fingerprint density at radius 3 is 2.74 bits per heavy atom. The molecule has 0 saturated carbocycles. The summed E-state index contributed by atoms with van der Waals surface area (Å²) in [6, 6.07) is 15.5. The Bertz CT molecular complexity index is 1030. The second kappa shape index (κ2) is 12.2. The number of halogens is 1. The summed E-state index contributed by atoms with van der Waals surface area (Å²) in [5, 5.41) is 11.3. The number of carbonyl (C=O) groups excluding carboxylic acids is 1. The Labute approximate surface area is 206 Å². The van der Waals surface area contributed by atoms with Crippen molar-refractivity contribution in [2.75, 3.05) is 52.5 Å². The first kappa shape index (κ1) is 24.5. The fourth-order valence-corrected chi connectivity index (χ4v) is 4.35. The molecule has 1 atom stereocenters. The van der Waals surface area contributed by atoms with Crippen LogP contribution in [-0.4, -0.2) is 79.5 Å². The predicted octanol–water partition coefficient (Wildman–Crippen LogP) is 3.74. The van der Waals surface area contributed by atoms with Gasteiger partial charge in [0.05, 0.1) is 13.2 Å². The number of rotatable bonds is 8. The van der Waals surface area contributed by atoms with Crippen LogP contribution in [-0.2, 0) is 9.53 Å². The number of hydrogen-bond donors (Lipinski definition) is 1. The average molecular weight is 483 g/mol. The molecule has 0 aliphatic carbocycles. The summed E-state index contributed by atoms with van der Waals surface area (Å²) in [5.74, 6) is 0.614. The van der Waals surface area contributed by atoms with Gasteiger partial charge in [0.25, 0.3) is 0 Å². The van der Waals surface area contributed by atoms with Crippen molar-refractivity contribution in [1.29, 1.82) is 0 Å². The first-order chi connectivity index (χ1) is 16.6. The van der Waals surface area contributed by atoms with E-state index in [4.69, 9.17) is 21.1 Å². The van der Waals surface area contributed by atoms with Gasteiger partial charge in [-0.25, -0.2) is 0 Å². The molecule has 1 fully saturated rings. The van der Waals surface area contributed by atoms with E-state index in [2.05, 4.69) is 17.0 Å². The predicted molar refractivity (Wildman–Crippen MR) is 135 cm³/mol. The summed E-state index contributed by atoms with van der Waals surface area (Å²) in [6.45, 7) is 4.74. The van der Waals surface area contributed by atoms with Crippen molar-refractivity contribution >= 4 is 29.2 Å². The minimum Gasteiger partial charge on any atom is -0.490 e. The lowest BCUT2D eigenvalue weighted by Crippen LogP contribution is -2.39. The molecule has 4 rings (SSSR count). The maximum absolute atomic E-state index is 12.4. The van der Waals surface area contributed by atoms with Crippen molar-refractivity contribution in [3.63, 3.8) is 0 Å². The van der Waals surface area contributed by atoms with E-state index in [-0.39, 0.29) is 12.5 Å². The highest BCUT2D eigenvalue weighted by Crippen LogP contribution is 2.25. The molecule has 0 radical (unpaired) electrons. The Morgan fingerprint density at radius 2 is 1.97 bits per heavy atom. The monoisotopic (exact) mass is 482 g/mol. The van der Waals surface area contributed by atoms with Gasteiger partial charge in [-0.05, 0) is 41.8 Å². The minimum absolute atomic E-state index is 0.0339. The highest BCUT2D eigenvalue weighted by atomic mass is 35.5. The molecular formula is C27H31ClN2O4. The molecule has 6 nitrogen and oxygen atoms in total. The molecule has 2 aliphatic rings. The van der Waals surface area contributed by atoms with E-state index in [1.54, 1.807) is 17.1 Å². The van der Waals surface area contributed by atoms with Crippen molar-refractivity contribution in [1.82, 2.24) is 9.80 Å². The quantitative estimate of drug-likeness (QED) is 0.581. The van der Waals surface area contributed by atoms with Crippen molar-refractivity contribution in [2.45, 2.75) is 12.5 Å². The molecule has 0 bridgehead atoms. The molecular weight excluding hydrogens is 452 g/mol. The first-order valence-electron chi connectivity index (χ1n) is 11.7. The molecule has 2 heterocycles. The molecule has 0 spiro atoms. The van der Waals surface area contributed by atoms with E-state index in [0.717, 1.165) is 35.7 Å². The summed E-state index contributed by atoms with van der Waals surface area (Å²) in [4.78, 5) is 16.4. The molecule has 180 valence electrons. The van der Waals surface area contributed by atoms with Gasteiger partial charge in [0.2, 0.25) is 5.91 Å². The molecule has 2 aliphatic heterocycles. The Kier molecular flexibility index (Phi) is 8.77. The maximum atomic E-state index is 12.4. The number of benzene rings is 2. The number of β-amino-alcohol motifs (C(OH)–C–C–N with tert-alkyl or cyclic N) is 1. The van der Waals surface area contributed by atoms with Crippen LogP contribution >= 0.6 is 11.6 Å². The van der Waals surface area contributed by atoms with Gasteiger partial charge in [-0.2, -0.15) is 0 Å². The third-order valence-electron chi connectivity index (χ3n) is 6.04. The number of nitrogens with zero attached hydrogens (tertiary/aromatic N) is 2. The third-order valence-corrected chi connectivity index (χ3v) is 6.27. The lowest BCUT2D eigenvalue weighted by Gasteiger charge is -2.28. The lowest BCUT2D eigenvalue weighted by atomic mass is 9.99. The van der Waals surface area contributed by atoms with Crippen LogP contribution in [0.3, 0.4) is 0 Å². The number of aliphatic hydroxyl groups excluding tert-OH is 1. The first-order valence-corrected chi connectivity index (χ1v) is 12.1.